The molecule has 0 aliphatic carbocycles. The summed E-state index contributed by atoms with van der Waals surface area (Å²) in [5.41, 5.74) is 6.81. The third kappa shape index (κ3) is 3.49. The minimum absolute atomic E-state index is 0.874. The second-order valence-corrected chi connectivity index (χ2v) is 5.38. The molecular formula is C21H19NO. The minimum Gasteiger partial charge on any atom is -0.399 e. The zero-order valence-corrected chi connectivity index (χ0v) is 13.4. The molecule has 0 saturated carbocycles. The smallest absolute Gasteiger partial charge is 0.106 e. The lowest BCUT2D eigenvalue weighted by molar-refractivity contribution is 0.213. The lowest BCUT2D eigenvalue weighted by Gasteiger charge is -2.06. The van der Waals surface area contributed by atoms with Gasteiger partial charge in [0.25, 0.3) is 0 Å². The van der Waals surface area contributed by atoms with Crippen LogP contribution in [0.3, 0.4) is 0 Å². The van der Waals surface area contributed by atoms with Crippen molar-refractivity contribution in [2.45, 2.75) is 6.92 Å². The molecule has 0 radical (unpaired) electrons. The van der Waals surface area contributed by atoms with Crippen LogP contribution in [-0.2, 0) is 4.84 Å². The molecule has 23 heavy (non-hydrogen) atoms. The van der Waals surface area contributed by atoms with Gasteiger partial charge in [-0.2, -0.15) is 0 Å². The molecular weight excluding hydrogens is 282 g/mol. The van der Waals surface area contributed by atoms with Gasteiger partial charge < -0.3 is 4.84 Å². The third-order valence-corrected chi connectivity index (χ3v) is 3.86. The van der Waals surface area contributed by atoms with E-state index in [0.717, 1.165) is 11.3 Å². The van der Waals surface area contributed by atoms with Crippen LogP contribution in [0.15, 0.2) is 84.0 Å². The van der Waals surface area contributed by atoms with Crippen LogP contribution in [0.2, 0.25) is 0 Å². The van der Waals surface area contributed by atoms with Crippen LogP contribution in [0, 0.1) is 0 Å². The zero-order valence-electron chi connectivity index (χ0n) is 13.4. The third-order valence-electron chi connectivity index (χ3n) is 3.86. The average Bonchev–Trinajstić information content (AvgIpc) is 2.63. The number of benzene rings is 3. The fourth-order valence-electron chi connectivity index (χ4n) is 2.58. The Morgan fingerprint density at radius 1 is 0.652 bits per heavy atom. The van der Waals surface area contributed by atoms with E-state index in [-0.39, 0.29) is 0 Å². The normalized spacial score (nSPS) is 11.3. The molecule has 2 heteroatoms. The molecule has 0 amide bonds. The molecule has 0 heterocycles. The van der Waals surface area contributed by atoms with Crippen molar-refractivity contribution in [2.75, 3.05) is 7.11 Å². The number of rotatable bonds is 4. The predicted molar refractivity (Wildman–Crippen MR) is 96.5 cm³/mol. The fraction of sp³-hybridized carbons (Fsp3) is 0.0952. The van der Waals surface area contributed by atoms with E-state index in [1.54, 1.807) is 7.11 Å². The highest BCUT2D eigenvalue weighted by molar-refractivity contribution is 5.98. The van der Waals surface area contributed by atoms with E-state index >= 15 is 0 Å². The summed E-state index contributed by atoms with van der Waals surface area (Å²) in [6.07, 6.45) is 0. The number of hydrogen-bond acceptors (Lipinski definition) is 2. The zero-order chi connectivity index (χ0) is 16.1. The molecule has 0 aromatic heterocycles. The lowest BCUT2D eigenvalue weighted by Crippen LogP contribution is -1.94. The minimum atomic E-state index is 0.874. The number of nitrogens with zero attached hydrogens (tertiary/aromatic N) is 1. The summed E-state index contributed by atoms with van der Waals surface area (Å²) in [7, 11) is 1.56. The molecule has 0 N–H and O–H groups in total. The van der Waals surface area contributed by atoms with E-state index in [9.17, 15) is 0 Å². The van der Waals surface area contributed by atoms with Crippen molar-refractivity contribution in [3.63, 3.8) is 0 Å². The van der Waals surface area contributed by atoms with Gasteiger partial charge in [-0.1, -0.05) is 84.0 Å². The Morgan fingerprint density at radius 2 is 1.09 bits per heavy atom. The van der Waals surface area contributed by atoms with Gasteiger partial charge in [0.1, 0.15) is 7.11 Å². The highest BCUT2D eigenvalue weighted by atomic mass is 16.6. The highest BCUT2D eigenvalue weighted by Gasteiger charge is 2.02. The van der Waals surface area contributed by atoms with E-state index in [4.69, 9.17) is 4.84 Å². The summed E-state index contributed by atoms with van der Waals surface area (Å²) < 4.78 is 0. The summed E-state index contributed by atoms with van der Waals surface area (Å²) in [4.78, 5) is 4.82. The Hall–Kier alpha value is -2.87. The van der Waals surface area contributed by atoms with Gasteiger partial charge in [-0.05, 0) is 34.7 Å². The Kier molecular flexibility index (Phi) is 4.53. The summed E-state index contributed by atoms with van der Waals surface area (Å²) in [5, 5.41) is 3.96. The first-order chi connectivity index (χ1) is 11.3. The summed E-state index contributed by atoms with van der Waals surface area (Å²) in [5.74, 6) is 0. The van der Waals surface area contributed by atoms with Crippen molar-refractivity contribution < 1.29 is 4.84 Å². The molecule has 0 bridgehead atoms. The Balaban J connectivity index is 1.84. The van der Waals surface area contributed by atoms with Gasteiger partial charge in [-0.3, -0.25) is 0 Å². The first-order valence-corrected chi connectivity index (χ1v) is 7.62. The van der Waals surface area contributed by atoms with Gasteiger partial charge in [-0.15, -0.1) is 0 Å². The van der Waals surface area contributed by atoms with Crippen molar-refractivity contribution in [3.05, 3.63) is 84.4 Å². The molecule has 0 atom stereocenters. The van der Waals surface area contributed by atoms with Crippen LogP contribution in [0.1, 0.15) is 12.5 Å². The number of oxime groups is 1. The Morgan fingerprint density at radius 3 is 1.57 bits per heavy atom. The van der Waals surface area contributed by atoms with Crippen LogP contribution >= 0.6 is 0 Å². The molecule has 3 aromatic carbocycles. The quantitative estimate of drug-likeness (QED) is 0.467. The van der Waals surface area contributed by atoms with Crippen LogP contribution in [0.4, 0.5) is 0 Å². The molecule has 3 aromatic rings. The molecule has 0 unspecified atom stereocenters. The van der Waals surface area contributed by atoms with E-state index in [1.807, 2.05) is 13.0 Å². The van der Waals surface area contributed by atoms with Gasteiger partial charge >= 0.3 is 0 Å². The maximum absolute atomic E-state index is 4.82. The van der Waals surface area contributed by atoms with Gasteiger partial charge in [0.05, 0.1) is 5.71 Å². The Bertz CT molecular complexity index is 788. The molecule has 0 aliphatic rings. The molecule has 0 fully saturated rings. The van der Waals surface area contributed by atoms with Gasteiger partial charge in [-0.25, -0.2) is 0 Å². The van der Waals surface area contributed by atoms with Crippen LogP contribution in [-0.4, -0.2) is 12.8 Å². The van der Waals surface area contributed by atoms with Crippen LogP contribution in [0.25, 0.3) is 22.3 Å². The van der Waals surface area contributed by atoms with Crippen molar-refractivity contribution in [1.82, 2.24) is 0 Å². The largest absolute Gasteiger partial charge is 0.399 e. The summed E-state index contributed by atoms with van der Waals surface area (Å²) in [6, 6.07) is 27.4. The average molecular weight is 301 g/mol. The SMILES string of the molecule is CON=C(C)c1ccc(-c2ccc(-c3ccccc3)cc2)cc1. The second-order valence-electron chi connectivity index (χ2n) is 5.38. The monoisotopic (exact) mass is 301 g/mol. The molecule has 0 aliphatic heterocycles. The first-order valence-electron chi connectivity index (χ1n) is 7.62. The molecule has 114 valence electrons. The van der Waals surface area contributed by atoms with Crippen molar-refractivity contribution in [1.29, 1.82) is 0 Å². The van der Waals surface area contributed by atoms with Crippen molar-refractivity contribution >= 4 is 5.71 Å². The van der Waals surface area contributed by atoms with Gasteiger partial charge in [0.15, 0.2) is 0 Å². The topological polar surface area (TPSA) is 21.6 Å². The van der Waals surface area contributed by atoms with E-state index < -0.39 is 0 Å². The van der Waals surface area contributed by atoms with E-state index in [2.05, 4.69) is 78.0 Å². The van der Waals surface area contributed by atoms with Crippen LogP contribution < -0.4 is 0 Å². The summed E-state index contributed by atoms with van der Waals surface area (Å²) >= 11 is 0. The molecule has 2 nitrogen and oxygen atoms in total. The van der Waals surface area contributed by atoms with Crippen molar-refractivity contribution in [3.8, 4) is 22.3 Å². The molecule has 3 rings (SSSR count). The van der Waals surface area contributed by atoms with Gasteiger partial charge in [0, 0.05) is 0 Å². The standard InChI is InChI=1S/C21H19NO/c1-16(22-23-2)17-8-10-20(11-9-17)21-14-12-19(13-15-21)18-6-4-3-5-7-18/h3-15H,1-2H3. The number of hydrogen-bond donors (Lipinski definition) is 0. The lowest BCUT2D eigenvalue weighted by atomic mass is 9.99. The predicted octanol–water partition coefficient (Wildman–Crippen LogP) is 5.39. The second kappa shape index (κ2) is 6.93. The fourth-order valence-corrected chi connectivity index (χ4v) is 2.58. The maximum Gasteiger partial charge on any atom is 0.106 e. The molecule has 0 saturated heterocycles. The maximum atomic E-state index is 4.82. The van der Waals surface area contributed by atoms with Crippen LogP contribution in [0.5, 0.6) is 0 Å². The summed E-state index contributed by atoms with van der Waals surface area (Å²) in [6.45, 7) is 1.94. The first kappa shape index (κ1) is 15.0. The van der Waals surface area contributed by atoms with E-state index in [0.29, 0.717) is 0 Å². The Labute approximate surface area is 137 Å². The van der Waals surface area contributed by atoms with E-state index in [1.165, 1.54) is 22.3 Å². The molecule has 0 spiro atoms. The van der Waals surface area contributed by atoms with Gasteiger partial charge in [0.2, 0.25) is 0 Å². The van der Waals surface area contributed by atoms with Crippen molar-refractivity contribution in [2.24, 2.45) is 5.16 Å². The highest BCUT2D eigenvalue weighted by Crippen LogP contribution is 2.25.